The van der Waals surface area contributed by atoms with Gasteiger partial charge in [0, 0.05) is 12.1 Å². The van der Waals surface area contributed by atoms with E-state index in [1.165, 1.54) is 12.1 Å². The van der Waals surface area contributed by atoms with E-state index in [1.54, 1.807) is 6.92 Å². The predicted octanol–water partition coefficient (Wildman–Crippen LogP) is 3.79. The molecule has 1 heterocycles. The highest BCUT2D eigenvalue weighted by molar-refractivity contribution is 6.32. The monoisotopic (exact) mass is 321 g/mol. The first-order valence-corrected chi connectivity index (χ1v) is 6.53. The molecular formula is C13H12ClF4N3. The molecule has 0 unspecified atom stereocenters. The van der Waals surface area contributed by atoms with Crippen LogP contribution in [0, 0.1) is 5.82 Å². The first kappa shape index (κ1) is 15.8. The minimum Gasteiger partial charge on any atom is -0.313 e. The number of nitrogens with one attached hydrogen (secondary N) is 1. The van der Waals surface area contributed by atoms with Crippen LogP contribution in [0.2, 0.25) is 5.02 Å². The van der Waals surface area contributed by atoms with E-state index in [2.05, 4.69) is 10.4 Å². The topological polar surface area (TPSA) is 29.9 Å². The Hall–Kier alpha value is -1.60. The molecule has 0 spiro atoms. The maximum Gasteiger partial charge on any atom is 0.433 e. The molecule has 2 rings (SSSR count). The average Bonchev–Trinajstić information content (AvgIpc) is 2.79. The van der Waals surface area contributed by atoms with Gasteiger partial charge in [0.2, 0.25) is 0 Å². The van der Waals surface area contributed by atoms with Crippen LogP contribution in [-0.4, -0.2) is 16.3 Å². The van der Waals surface area contributed by atoms with Crippen molar-refractivity contribution in [2.75, 3.05) is 6.54 Å². The zero-order chi connectivity index (χ0) is 15.6. The van der Waals surface area contributed by atoms with Gasteiger partial charge in [-0.1, -0.05) is 24.6 Å². The molecule has 0 saturated carbocycles. The van der Waals surface area contributed by atoms with Crippen molar-refractivity contribution >= 4 is 11.6 Å². The maximum atomic E-state index is 13.8. The summed E-state index contributed by atoms with van der Waals surface area (Å²) in [5.41, 5.74) is -1.51. The molecular weight excluding hydrogens is 310 g/mol. The molecule has 0 saturated heterocycles. The van der Waals surface area contributed by atoms with Gasteiger partial charge < -0.3 is 5.32 Å². The number of alkyl halides is 3. The Bertz CT molecular complexity index is 617. The summed E-state index contributed by atoms with van der Waals surface area (Å²) in [5.74, 6) is -0.869. The number of hydrogen-bond donors (Lipinski definition) is 1. The summed E-state index contributed by atoms with van der Waals surface area (Å²) in [4.78, 5) is 0. The van der Waals surface area contributed by atoms with Crippen molar-refractivity contribution in [1.29, 1.82) is 0 Å². The molecule has 2 aromatic rings. The van der Waals surface area contributed by atoms with Gasteiger partial charge in [-0.25, -0.2) is 9.07 Å². The van der Waals surface area contributed by atoms with Crippen LogP contribution in [0.4, 0.5) is 17.6 Å². The SMILES string of the molecule is CCNCc1cnn(-c2c(F)cccc2Cl)c1C(F)(F)F. The average molecular weight is 322 g/mol. The molecule has 0 aliphatic heterocycles. The summed E-state index contributed by atoms with van der Waals surface area (Å²) >= 11 is 5.82. The van der Waals surface area contributed by atoms with Crippen LogP contribution in [0.25, 0.3) is 5.69 Å². The van der Waals surface area contributed by atoms with Gasteiger partial charge in [-0.15, -0.1) is 0 Å². The van der Waals surface area contributed by atoms with Crippen LogP contribution in [0.3, 0.4) is 0 Å². The molecule has 0 aliphatic rings. The molecule has 0 bridgehead atoms. The van der Waals surface area contributed by atoms with Crippen molar-refractivity contribution in [1.82, 2.24) is 15.1 Å². The minimum absolute atomic E-state index is 0.0165. The first-order valence-electron chi connectivity index (χ1n) is 6.15. The molecule has 114 valence electrons. The fraction of sp³-hybridized carbons (Fsp3) is 0.308. The van der Waals surface area contributed by atoms with Crippen molar-refractivity contribution in [2.24, 2.45) is 0 Å². The maximum absolute atomic E-state index is 13.8. The van der Waals surface area contributed by atoms with Crippen molar-refractivity contribution in [3.63, 3.8) is 0 Å². The van der Waals surface area contributed by atoms with E-state index in [0.29, 0.717) is 11.2 Å². The standard InChI is InChI=1S/C13H12ClF4N3/c1-2-19-6-8-7-20-21(12(8)13(16,17)18)11-9(14)4-3-5-10(11)15/h3-5,7,19H,2,6H2,1H3. The molecule has 0 radical (unpaired) electrons. The largest absolute Gasteiger partial charge is 0.433 e. The third-order valence-electron chi connectivity index (χ3n) is 2.83. The van der Waals surface area contributed by atoms with Crippen molar-refractivity contribution in [3.8, 4) is 5.69 Å². The highest BCUT2D eigenvalue weighted by atomic mass is 35.5. The predicted molar refractivity (Wildman–Crippen MR) is 70.9 cm³/mol. The summed E-state index contributed by atoms with van der Waals surface area (Å²) in [6.07, 6.45) is -3.61. The third kappa shape index (κ3) is 3.19. The van der Waals surface area contributed by atoms with Gasteiger partial charge in [0.25, 0.3) is 0 Å². The number of halogens is 5. The third-order valence-corrected chi connectivity index (χ3v) is 3.13. The van der Waals surface area contributed by atoms with Gasteiger partial charge >= 0.3 is 6.18 Å². The van der Waals surface area contributed by atoms with Gasteiger partial charge in [0.05, 0.1) is 11.2 Å². The molecule has 0 amide bonds. The van der Waals surface area contributed by atoms with Crippen LogP contribution in [0.5, 0.6) is 0 Å². The fourth-order valence-electron chi connectivity index (χ4n) is 1.93. The number of hydrogen-bond acceptors (Lipinski definition) is 2. The molecule has 0 aliphatic carbocycles. The van der Waals surface area contributed by atoms with E-state index < -0.39 is 23.4 Å². The summed E-state index contributed by atoms with van der Waals surface area (Å²) in [6.45, 7) is 2.26. The lowest BCUT2D eigenvalue weighted by molar-refractivity contribution is -0.143. The van der Waals surface area contributed by atoms with E-state index in [1.807, 2.05) is 0 Å². The summed E-state index contributed by atoms with van der Waals surface area (Å²) in [7, 11) is 0. The van der Waals surface area contributed by atoms with Crippen LogP contribution in [0.1, 0.15) is 18.2 Å². The number of benzene rings is 1. The van der Waals surface area contributed by atoms with E-state index in [0.717, 1.165) is 12.3 Å². The lowest BCUT2D eigenvalue weighted by Crippen LogP contribution is -2.20. The van der Waals surface area contributed by atoms with Crippen molar-refractivity contribution in [3.05, 3.63) is 46.5 Å². The first-order chi connectivity index (χ1) is 9.86. The van der Waals surface area contributed by atoms with Gasteiger partial charge in [-0.3, -0.25) is 0 Å². The molecule has 1 aromatic heterocycles. The van der Waals surface area contributed by atoms with Gasteiger partial charge in [-0.05, 0) is 18.7 Å². The molecule has 21 heavy (non-hydrogen) atoms. The van der Waals surface area contributed by atoms with Crippen LogP contribution < -0.4 is 5.32 Å². The molecule has 0 fully saturated rings. The number of nitrogens with zero attached hydrogens (tertiary/aromatic N) is 2. The molecule has 0 atom stereocenters. The number of para-hydroxylation sites is 1. The normalized spacial score (nSPS) is 11.9. The molecule has 8 heteroatoms. The summed E-state index contributed by atoms with van der Waals surface area (Å²) in [5, 5.41) is 6.31. The molecule has 1 N–H and O–H groups in total. The van der Waals surface area contributed by atoms with Crippen LogP contribution in [-0.2, 0) is 12.7 Å². The zero-order valence-corrected chi connectivity index (χ0v) is 11.8. The summed E-state index contributed by atoms with van der Waals surface area (Å²) < 4.78 is 54.1. The lowest BCUT2D eigenvalue weighted by atomic mass is 10.2. The Morgan fingerprint density at radius 2 is 2.05 bits per heavy atom. The number of aromatic nitrogens is 2. The quantitative estimate of drug-likeness (QED) is 0.868. The van der Waals surface area contributed by atoms with Gasteiger partial charge in [0.15, 0.2) is 5.69 Å². The summed E-state index contributed by atoms with van der Waals surface area (Å²) in [6, 6.07) is 3.66. The second kappa shape index (κ2) is 6.03. The number of rotatable bonds is 4. The highest BCUT2D eigenvalue weighted by Crippen LogP contribution is 2.35. The molecule has 3 nitrogen and oxygen atoms in total. The highest BCUT2D eigenvalue weighted by Gasteiger charge is 2.39. The lowest BCUT2D eigenvalue weighted by Gasteiger charge is -2.14. The van der Waals surface area contributed by atoms with Gasteiger partial charge in [-0.2, -0.15) is 18.3 Å². The van der Waals surface area contributed by atoms with Gasteiger partial charge in [0.1, 0.15) is 11.5 Å². The Labute approximate surface area is 123 Å². The Kier molecular flexibility index (Phi) is 4.53. The minimum atomic E-state index is -4.67. The fourth-order valence-corrected chi connectivity index (χ4v) is 2.18. The Morgan fingerprint density at radius 3 is 2.62 bits per heavy atom. The molecule has 1 aromatic carbocycles. The van der Waals surface area contributed by atoms with Crippen molar-refractivity contribution < 1.29 is 17.6 Å². The zero-order valence-electron chi connectivity index (χ0n) is 11.0. The Balaban J connectivity index is 2.62. The second-order valence-corrected chi connectivity index (χ2v) is 4.69. The van der Waals surface area contributed by atoms with E-state index in [-0.39, 0.29) is 17.1 Å². The van der Waals surface area contributed by atoms with Crippen LogP contribution >= 0.6 is 11.6 Å². The van der Waals surface area contributed by atoms with Crippen LogP contribution in [0.15, 0.2) is 24.4 Å². The van der Waals surface area contributed by atoms with E-state index >= 15 is 0 Å². The van der Waals surface area contributed by atoms with Crippen molar-refractivity contribution in [2.45, 2.75) is 19.6 Å². The van der Waals surface area contributed by atoms with E-state index in [9.17, 15) is 17.6 Å². The Morgan fingerprint density at radius 1 is 1.33 bits per heavy atom. The second-order valence-electron chi connectivity index (χ2n) is 4.28. The smallest absolute Gasteiger partial charge is 0.313 e. The van der Waals surface area contributed by atoms with E-state index in [4.69, 9.17) is 11.6 Å².